The number of hydrogen-bond donors (Lipinski definition) is 1. The Balaban J connectivity index is 1.84. The fraction of sp³-hybridized carbons (Fsp3) is 0.450. The molecule has 9 heteroatoms. The molecule has 154 valence electrons. The van der Waals surface area contributed by atoms with Crippen molar-refractivity contribution in [2.75, 3.05) is 23.7 Å². The molecule has 1 aliphatic heterocycles. The van der Waals surface area contributed by atoms with Crippen molar-refractivity contribution in [3.63, 3.8) is 0 Å². The zero-order valence-corrected chi connectivity index (χ0v) is 17.0. The number of aromatic nitrogens is 4. The molecule has 0 atom stereocenters. The second kappa shape index (κ2) is 7.74. The van der Waals surface area contributed by atoms with E-state index in [1.54, 1.807) is 4.90 Å². The number of anilines is 2. The molecule has 0 aliphatic carbocycles. The van der Waals surface area contributed by atoms with Gasteiger partial charge in [-0.25, -0.2) is 13.8 Å². The summed E-state index contributed by atoms with van der Waals surface area (Å²) in [6.45, 7) is 2.40. The summed E-state index contributed by atoms with van der Waals surface area (Å²) in [5, 5.41) is 0.650. The van der Waals surface area contributed by atoms with Gasteiger partial charge >= 0.3 is 0 Å². The minimum atomic E-state index is -2.74. The number of nitrogens with zero attached hydrogens (tertiary/aromatic N) is 5. The normalized spacial score (nSPS) is 16.1. The highest BCUT2D eigenvalue weighted by Crippen LogP contribution is 2.34. The highest BCUT2D eigenvalue weighted by atomic mass is 35.5. The molecule has 1 fully saturated rings. The van der Waals surface area contributed by atoms with Gasteiger partial charge in [0.2, 0.25) is 5.95 Å². The molecule has 0 bridgehead atoms. The lowest BCUT2D eigenvalue weighted by atomic mass is 10.2. The maximum absolute atomic E-state index is 13.8. The first-order valence-electron chi connectivity index (χ1n) is 9.77. The smallest absolute Gasteiger partial charge is 0.266 e. The predicted octanol–water partition coefficient (Wildman–Crippen LogP) is 4.30. The van der Waals surface area contributed by atoms with Crippen LogP contribution in [-0.2, 0) is 13.0 Å². The van der Waals surface area contributed by atoms with Crippen LogP contribution in [0.15, 0.2) is 24.3 Å². The Morgan fingerprint density at radius 3 is 2.69 bits per heavy atom. The molecule has 4 rings (SSSR count). The van der Waals surface area contributed by atoms with Crippen molar-refractivity contribution in [2.45, 2.75) is 45.1 Å². The standard InChI is InChI=1S/C20H23ClF2N6/c1-2-3-8-15-25-16-17(28-10-9-20(22,23)12-28)26-19(24)27-18(16)29(15)11-13-6-4-5-7-14(13)21/h4-7H,2-3,8-12H2,1H3,(H2,24,26,27). The molecule has 1 aliphatic rings. The van der Waals surface area contributed by atoms with Crippen LogP contribution in [0.3, 0.4) is 0 Å². The van der Waals surface area contributed by atoms with Gasteiger partial charge in [0.15, 0.2) is 17.0 Å². The molecule has 3 heterocycles. The van der Waals surface area contributed by atoms with Gasteiger partial charge in [-0.05, 0) is 18.1 Å². The molecule has 2 N–H and O–H groups in total. The highest BCUT2D eigenvalue weighted by Gasteiger charge is 2.40. The first-order valence-corrected chi connectivity index (χ1v) is 10.1. The Hall–Kier alpha value is -2.48. The van der Waals surface area contributed by atoms with Crippen molar-refractivity contribution in [3.05, 3.63) is 40.7 Å². The zero-order chi connectivity index (χ0) is 20.6. The summed E-state index contributed by atoms with van der Waals surface area (Å²) in [4.78, 5) is 15.0. The number of fused-ring (bicyclic) bond motifs is 1. The molecule has 3 aromatic rings. The summed E-state index contributed by atoms with van der Waals surface area (Å²) >= 11 is 6.36. The van der Waals surface area contributed by atoms with E-state index in [1.807, 2.05) is 28.8 Å². The van der Waals surface area contributed by atoms with Crippen molar-refractivity contribution in [3.8, 4) is 0 Å². The largest absolute Gasteiger partial charge is 0.368 e. The number of unbranched alkanes of at least 4 members (excludes halogenated alkanes) is 1. The quantitative estimate of drug-likeness (QED) is 0.643. The number of benzene rings is 1. The van der Waals surface area contributed by atoms with Gasteiger partial charge in [0.25, 0.3) is 5.92 Å². The van der Waals surface area contributed by atoms with E-state index in [0.29, 0.717) is 28.5 Å². The van der Waals surface area contributed by atoms with Crippen LogP contribution in [0.1, 0.15) is 37.6 Å². The van der Waals surface area contributed by atoms with Gasteiger partial charge in [-0.1, -0.05) is 43.1 Å². The molecular weight excluding hydrogens is 398 g/mol. The van der Waals surface area contributed by atoms with E-state index in [2.05, 4.69) is 16.9 Å². The Bertz CT molecular complexity index is 1040. The Morgan fingerprint density at radius 2 is 2.00 bits per heavy atom. The Labute approximate surface area is 172 Å². The van der Waals surface area contributed by atoms with Crippen LogP contribution in [-0.4, -0.2) is 38.5 Å². The summed E-state index contributed by atoms with van der Waals surface area (Å²) in [6, 6.07) is 7.59. The number of rotatable bonds is 6. The minimum absolute atomic E-state index is 0.0464. The van der Waals surface area contributed by atoms with Crippen molar-refractivity contribution in [2.24, 2.45) is 0 Å². The Kier molecular flexibility index (Phi) is 5.29. The van der Waals surface area contributed by atoms with Crippen molar-refractivity contribution < 1.29 is 8.78 Å². The maximum atomic E-state index is 13.8. The first kappa shape index (κ1) is 19.8. The molecule has 2 aromatic heterocycles. The molecule has 6 nitrogen and oxygen atoms in total. The molecule has 1 aromatic carbocycles. The molecule has 0 spiro atoms. The van der Waals surface area contributed by atoms with E-state index in [0.717, 1.165) is 30.7 Å². The highest BCUT2D eigenvalue weighted by molar-refractivity contribution is 6.31. The van der Waals surface area contributed by atoms with E-state index in [9.17, 15) is 8.78 Å². The molecule has 0 amide bonds. The molecule has 0 saturated carbocycles. The first-order chi connectivity index (χ1) is 13.9. The van der Waals surface area contributed by atoms with Gasteiger partial charge in [-0.15, -0.1) is 0 Å². The summed E-state index contributed by atoms with van der Waals surface area (Å²) in [7, 11) is 0. The van der Waals surface area contributed by atoms with Crippen molar-refractivity contribution >= 4 is 34.5 Å². The average molecular weight is 421 g/mol. The van der Waals surface area contributed by atoms with Gasteiger partial charge in [-0.2, -0.15) is 9.97 Å². The summed E-state index contributed by atoms with van der Waals surface area (Å²) in [6.07, 6.45) is 2.49. The van der Waals surface area contributed by atoms with Crippen LogP contribution in [0.25, 0.3) is 11.2 Å². The third kappa shape index (κ3) is 3.99. The van der Waals surface area contributed by atoms with Crippen LogP contribution in [0.4, 0.5) is 20.5 Å². The van der Waals surface area contributed by atoms with E-state index < -0.39 is 5.92 Å². The number of imidazole rings is 1. The number of nitrogens with two attached hydrogens (primary N) is 1. The van der Waals surface area contributed by atoms with E-state index in [-0.39, 0.29) is 25.5 Å². The number of hydrogen-bond acceptors (Lipinski definition) is 5. The molecule has 1 saturated heterocycles. The molecular formula is C20H23ClF2N6. The van der Waals surface area contributed by atoms with E-state index in [1.165, 1.54) is 0 Å². The molecule has 0 unspecified atom stereocenters. The number of halogens is 3. The van der Waals surface area contributed by atoms with E-state index in [4.69, 9.17) is 22.3 Å². The fourth-order valence-corrected chi connectivity index (χ4v) is 3.87. The summed E-state index contributed by atoms with van der Waals surface area (Å²) in [5.41, 5.74) is 7.95. The lowest BCUT2D eigenvalue weighted by Crippen LogP contribution is -2.26. The monoisotopic (exact) mass is 420 g/mol. The van der Waals surface area contributed by atoms with Crippen molar-refractivity contribution in [1.29, 1.82) is 0 Å². The van der Waals surface area contributed by atoms with Crippen LogP contribution in [0.2, 0.25) is 5.02 Å². The zero-order valence-electron chi connectivity index (χ0n) is 16.2. The topological polar surface area (TPSA) is 72.9 Å². The lowest BCUT2D eigenvalue weighted by Gasteiger charge is -2.17. The van der Waals surface area contributed by atoms with Gasteiger partial charge in [-0.3, -0.25) is 0 Å². The maximum Gasteiger partial charge on any atom is 0.266 e. The third-order valence-corrected chi connectivity index (χ3v) is 5.55. The van der Waals surface area contributed by atoms with Crippen LogP contribution in [0.5, 0.6) is 0 Å². The van der Waals surface area contributed by atoms with Crippen LogP contribution >= 0.6 is 11.6 Å². The lowest BCUT2D eigenvalue weighted by molar-refractivity contribution is 0.0257. The van der Waals surface area contributed by atoms with Gasteiger partial charge in [0.05, 0.1) is 13.1 Å². The van der Waals surface area contributed by atoms with E-state index >= 15 is 0 Å². The second-order valence-corrected chi connectivity index (χ2v) is 7.82. The van der Waals surface area contributed by atoms with Gasteiger partial charge in [0.1, 0.15) is 5.82 Å². The molecule has 0 radical (unpaired) electrons. The second-order valence-electron chi connectivity index (χ2n) is 7.41. The SMILES string of the molecule is CCCCc1nc2c(N3CCC(F)(F)C3)nc(N)nc2n1Cc1ccccc1Cl. The number of alkyl halides is 2. The summed E-state index contributed by atoms with van der Waals surface area (Å²) in [5.74, 6) is -1.49. The minimum Gasteiger partial charge on any atom is -0.368 e. The van der Waals surface area contributed by atoms with Gasteiger partial charge in [0, 0.05) is 24.4 Å². The van der Waals surface area contributed by atoms with Crippen molar-refractivity contribution in [1.82, 2.24) is 19.5 Å². The van der Waals surface area contributed by atoms with Gasteiger partial charge < -0.3 is 15.2 Å². The summed E-state index contributed by atoms with van der Waals surface area (Å²) < 4.78 is 29.6. The third-order valence-electron chi connectivity index (χ3n) is 5.18. The van der Waals surface area contributed by atoms with Crippen LogP contribution < -0.4 is 10.6 Å². The molecule has 29 heavy (non-hydrogen) atoms. The number of nitrogen functional groups attached to an aromatic ring is 1. The predicted molar refractivity (Wildman–Crippen MR) is 111 cm³/mol. The fourth-order valence-electron chi connectivity index (χ4n) is 3.67. The average Bonchev–Trinajstić information content (AvgIpc) is 3.21. The number of aryl methyl sites for hydroxylation is 1. The Morgan fingerprint density at radius 1 is 1.21 bits per heavy atom. The van der Waals surface area contributed by atoms with Crippen LogP contribution in [0, 0.1) is 0 Å².